The monoisotopic (exact) mass is 282 g/mol. The summed E-state index contributed by atoms with van der Waals surface area (Å²) in [5.74, 6) is 0. The molecule has 2 aromatic rings. The number of nitrogens with zero attached hydrogens (tertiary/aromatic N) is 1. The van der Waals surface area contributed by atoms with E-state index in [1.807, 2.05) is 19.2 Å². The van der Waals surface area contributed by atoms with E-state index >= 15 is 0 Å². The molecule has 0 atom stereocenters. The fourth-order valence-corrected chi connectivity index (χ4v) is 2.41. The lowest BCUT2D eigenvalue weighted by molar-refractivity contribution is 0.0187. The van der Waals surface area contributed by atoms with Crippen molar-refractivity contribution in [3.63, 3.8) is 0 Å². The van der Waals surface area contributed by atoms with Crippen molar-refractivity contribution in [2.75, 3.05) is 19.8 Å². The summed E-state index contributed by atoms with van der Waals surface area (Å²) in [5.41, 5.74) is 3.67. The zero-order valence-electron chi connectivity index (χ0n) is 11.8. The lowest BCUT2D eigenvalue weighted by atomic mass is 10.1. The Labute approximate surface area is 117 Å². The summed E-state index contributed by atoms with van der Waals surface area (Å²) in [6, 6.07) is 8.26. The second kappa shape index (κ2) is 6.81. The Balaban J connectivity index is 1.90. The first-order chi connectivity index (χ1) is 9.61. The minimum absolute atomic E-state index is 0.299. The first-order valence-electron chi connectivity index (χ1n) is 6.70. The quantitative estimate of drug-likeness (QED) is 0.790. The van der Waals surface area contributed by atoms with Crippen LogP contribution in [0.4, 0.5) is 8.78 Å². The average molecular weight is 282 g/mol. The van der Waals surface area contributed by atoms with Gasteiger partial charge in [-0.25, -0.2) is 8.78 Å². The van der Waals surface area contributed by atoms with E-state index in [-0.39, 0.29) is 0 Å². The van der Waals surface area contributed by atoms with Gasteiger partial charge in [0.15, 0.2) is 0 Å². The third kappa shape index (κ3) is 3.35. The van der Waals surface area contributed by atoms with Crippen molar-refractivity contribution in [1.82, 2.24) is 9.88 Å². The van der Waals surface area contributed by atoms with Crippen LogP contribution in [-0.2, 0) is 18.3 Å². The Hall–Kier alpha value is -1.46. The molecule has 0 bridgehead atoms. The number of halogens is 2. The van der Waals surface area contributed by atoms with E-state index < -0.39 is 13.0 Å². The van der Waals surface area contributed by atoms with Gasteiger partial charge in [0.05, 0.1) is 6.61 Å². The molecule has 0 aliphatic carbocycles. The maximum absolute atomic E-state index is 11.9. The van der Waals surface area contributed by atoms with Gasteiger partial charge < -0.3 is 14.6 Å². The molecule has 5 heteroatoms. The van der Waals surface area contributed by atoms with Crippen LogP contribution >= 0.6 is 0 Å². The van der Waals surface area contributed by atoms with Crippen LogP contribution in [-0.4, -0.2) is 30.8 Å². The van der Waals surface area contributed by atoms with Gasteiger partial charge in [-0.1, -0.05) is 18.2 Å². The van der Waals surface area contributed by atoms with Crippen LogP contribution in [0, 0.1) is 6.92 Å². The topological polar surface area (TPSA) is 26.2 Å². The van der Waals surface area contributed by atoms with Gasteiger partial charge >= 0.3 is 0 Å². The molecule has 0 spiro atoms. The SMILES string of the molecule is Cc1c(CNCCOCC(F)F)n(C)c2ccccc12. The lowest BCUT2D eigenvalue weighted by Gasteiger charge is -2.08. The number of hydrogen-bond donors (Lipinski definition) is 1. The third-order valence-electron chi connectivity index (χ3n) is 3.47. The number of nitrogens with one attached hydrogen (secondary N) is 1. The summed E-state index contributed by atoms with van der Waals surface area (Å²) in [5, 5.41) is 4.48. The van der Waals surface area contributed by atoms with E-state index in [4.69, 9.17) is 4.74 Å². The van der Waals surface area contributed by atoms with Crippen molar-refractivity contribution in [1.29, 1.82) is 0 Å². The van der Waals surface area contributed by atoms with E-state index in [1.54, 1.807) is 0 Å². The van der Waals surface area contributed by atoms with Crippen molar-refractivity contribution in [2.45, 2.75) is 19.9 Å². The Kier molecular flexibility index (Phi) is 5.09. The Morgan fingerprint density at radius 1 is 1.30 bits per heavy atom. The second-order valence-electron chi connectivity index (χ2n) is 4.79. The van der Waals surface area contributed by atoms with Crippen molar-refractivity contribution >= 4 is 10.9 Å². The molecule has 0 aliphatic heterocycles. The molecule has 0 saturated heterocycles. The van der Waals surface area contributed by atoms with Crippen molar-refractivity contribution in [3.8, 4) is 0 Å². The first-order valence-corrected chi connectivity index (χ1v) is 6.70. The van der Waals surface area contributed by atoms with Gasteiger partial charge in [0.1, 0.15) is 6.61 Å². The summed E-state index contributed by atoms with van der Waals surface area (Å²) in [6.45, 7) is 3.18. The van der Waals surface area contributed by atoms with Crippen LogP contribution in [0.2, 0.25) is 0 Å². The van der Waals surface area contributed by atoms with Gasteiger partial charge in [0.25, 0.3) is 6.43 Å². The van der Waals surface area contributed by atoms with E-state index in [0.717, 1.165) is 0 Å². The fourth-order valence-electron chi connectivity index (χ4n) is 2.41. The van der Waals surface area contributed by atoms with E-state index in [0.29, 0.717) is 19.7 Å². The number of aromatic nitrogens is 1. The molecule has 20 heavy (non-hydrogen) atoms. The standard InChI is InChI=1S/C15H20F2N2O/c1-11-12-5-3-4-6-13(12)19(2)14(11)9-18-7-8-20-10-15(16)17/h3-6,15,18H,7-10H2,1-2H3. The highest BCUT2D eigenvalue weighted by molar-refractivity contribution is 5.85. The summed E-state index contributed by atoms with van der Waals surface area (Å²) >= 11 is 0. The molecule has 3 nitrogen and oxygen atoms in total. The molecule has 2 rings (SSSR count). The summed E-state index contributed by atoms with van der Waals surface area (Å²) in [6.07, 6.45) is -2.39. The van der Waals surface area contributed by atoms with Crippen LogP contribution < -0.4 is 5.32 Å². The molecule has 1 aromatic carbocycles. The van der Waals surface area contributed by atoms with Crippen LogP contribution in [0.5, 0.6) is 0 Å². The minimum Gasteiger partial charge on any atom is -0.374 e. The van der Waals surface area contributed by atoms with Crippen LogP contribution in [0.1, 0.15) is 11.3 Å². The number of fused-ring (bicyclic) bond motifs is 1. The van der Waals surface area contributed by atoms with E-state index in [2.05, 4.69) is 28.9 Å². The number of benzene rings is 1. The highest BCUT2D eigenvalue weighted by Gasteiger charge is 2.10. The zero-order valence-corrected chi connectivity index (χ0v) is 11.8. The molecule has 0 aliphatic rings. The highest BCUT2D eigenvalue weighted by Crippen LogP contribution is 2.24. The predicted molar refractivity (Wildman–Crippen MR) is 76.2 cm³/mol. The largest absolute Gasteiger partial charge is 0.374 e. The average Bonchev–Trinajstić information content (AvgIpc) is 2.67. The van der Waals surface area contributed by atoms with Crippen LogP contribution in [0.25, 0.3) is 10.9 Å². The number of rotatable bonds is 7. The number of para-hydroxylation sites is 1. The van der Waals surface area contributed by atoms with Gasteiger partial charge in [-0.2, -0.15) is 0 Å². The van der Waals surface area contributed by atoms with Crippen molar-refractivity contribution < 1.29 is 13.5 Å². The molecule has 0 saturated carbocycles. The molecule has 0 unspecified atom stereocenters. The summed E-state index contributed by atoms with van der Waals surface area (Å²) in [7, 11) is 2.04. The molecule has 110 valence electrons. The zero-order chi connectivity index (χ0) is 14.5. The first kappa shape index (κ1) is 14.9. The second-order valence-corrected chi connectivity index (χ2v) is 4.79. The van der Waals surface area contributed by atoms with E-state index in [1.165, 1.54) is 22.2 Å². The minimum atomic E-state index is -2.39. The summed E-state index contributed by atoms with van der Waals surface area (Å²) in [4.78, 5) is 0. The third-order valence-corrected chi connectivity index (χ3v) is 3.47. The molecule has 0 radical (unpaired) electrons. The predicted octanol–water partition coefficient (Wildman–Crippen LogP) is 2.86. The Morgan fingerprint density at radius 3 is 2.75 bits per heavy atom. The molecular weight excluding hydrogens is 262 g/mol. The normalized spacial score (nSPS) is 11.7. The molecule has 0 amide bonds. The Morgan fingerprint density at radius 2 is 2.05 bits per heavy atom. The van der Waals surface area contributed by atoms with Gasteiger partial charge in [0, 0.05) is 36.7 Å². The maximum Gasteiger partial charge on any atom is 0.261 e. The highest BCUT2D eigenvalue weighted by atomic mass is 19.3. The van der Waals surface area contributed by atoms with Crippen molar-refractivity contribution in [2.24, 2.45) is 7.05 Å². The summed E-state index contributed by atoms with van der Waals surface area (Å²) < 4.78 is 30.8. The van der Waals surface area contributed by atoms with Gasteiger partial charge in [-0.05, 0) is 18.6 Å². The van der Waals surface area contributed by atoms with Gasteiger partial charge in [-0.15, -0.1) is 0 Å². The fraction of sp³-hybridized carbons (Fsp3) is 0.467. The number of aryl methyl sites for hydroxylation is 2. The smallest absolute Gasteiger partial charge is 0.261 e. The van der Waals surface area contributed by atoms with Gasteiger partial charge in [0.2, 0.25) is 0 Å². The number of hydrogen-bond acceptors (Lipinski definition) is 2. The van der Waals surface area contributed by atoms with Crippen LogP contribution in [0.15, 0.2) is 24.3 Å². The number of alkyl halides is 2. The van der Waals surface area contributed by atoms with Crippen molar-refractivity contribution in [3.05, 3.63) is 35.5 Å². The van der Waals surface area contributed by atoms with E-state index in [9.17, 15) is 8.78 Å². The molecule has 1 N–H and O–H groups in total. The lowest BCUT2D eigenvalue weighted by Crippen LogP contribution is -2.22. The molecule has 1 aromatic heterocycles. The van der Waals surface area contributed by atoms with Gasteiger partial charge in [-0.3, -0.25) is 0 Å². The Bertz CT molecular complexity index is 527. The van der Waals surface area contributed by atoms with Crippen LogP contribution in [0.3, 0.4) is 0 Å². The number of ether oxygens (including phenoxy) is 1. The molecular formula is C15H20F2N2O. The molecule has 1 heterocycles. The maximum atomic E-state index is 11.9. The molecule has 0 fully saturated rings.